The van der Waals surface area contributed by atoms with Gasteiger partial charge in [-0.25, -0.2) is 9.59 Å². The molecule has 0 radical (unpaired) electrons. The molecular weight excluding hydrogens is 260 g/mol. The Morgan fingerprint density at radius 1 is 1.25 bits per heavy atom. The zero-order valence-electron chi connectivity index (χ0n) is 11.6. The average Bonchev–Trinajstić information content (AvgIpc) is 3.32. The average molecular weight is 282 g/mol. The number of amides is 2. The van der Waals surface area contributed by atoms with Crippen LogP contribution in [0, 0.1) is 17.8 Å². The molecule has 1 saturated heterocycles. The number of carbonyl (C=O) groups is 2. The maximum absolute atomic E-state index is 12.0. The maximum Gasteiger partial charge on any atom is 0.332 e. The Hall–Kier alpha value is -1.30. The molecule has 2 amide bonds. The van der Waals surface area contributed by atoms with Gasteiger partial charge in [0.1, 0.15) is 0 Å². The van der Waals surface area contributed by atoms with Crippen molar-refractivity contribution in [2.24, 2.45) is 17.8 Å². The molecule has 3 N–H and O–H groups in total. The first-order chi connectivity index (χ1) is 9.61. The van der Waals surface area contributed by atoms with Gasteiger partial charge in [0.05, 0.1) is 6.61 Å². The van der Waals surface area contributed by atoms with Gasteiger partial charge < -0.3 is 20.5 Å². The molecule has 6 nitrogen and oxygen atoms in total. The van der Waals surface area contributed by atoms with E-state index in [9.17, 15) is 14.7 Å². The van der Waals surface area contributed by atoms with Gasteiger partial charge in [-0.2, -0.15) is 0 Å². The molecular formula is C14H22N2O4. The molecule has 0 aromatic heterocycles. The third-order valence-corrected chi connectivity index (χ3v) is 4.74. The van der Waals surface area contributed by atoms with Gasteiger partial charge in [0.25, 0.3) is 0 Å². The number of rotatable bonds is 6. The zero-order valence-corrected chi connectivity index (χ0v) is 11.6. The van der Waals surface area contributed by atoms with Gasteiger partial charge in [0, 0.05) is 19.6 Å². The highest BCUT2D eigenvalue weighted by atomic mass is 16.5. The molecule has 3 aliphatic rings. The monoisotopic (exact) mass is 282 g/mol. The predicted octanol–water partition coefficient (Wildman–Crippen LogP) is 0.965. The Balaban J connectivity index is 1.49. The second-order valence-electron chi connectivity index (χ2n) is 6.36. The minimum atomic E-state index is -1.25. The molecule has 2 aliphatic carbocycles. The van der Waals surface area contributed by atoms with E-state index in [1.165, 1.54) is 25.7 Å². The standard InChI is InChI=1S/C14H22N2O4/c17-12(18)14(5-6-20-8-14)16-13(19)15-7-11(9-1-2-9)10-3-4-10/h9-11H,1-8H2,(H,17,18)(H2,15,16,19). The number of hydrogen-bond acceptors (Lipinski definition) is 3. The highest BCUT2D eigenvalue weighted by Crippen LogP contribution is 2.48. The molecule has 6 heteroatoms. The Labute approximate surface area is 118 Å². The van der Waals surface area contributed by atoms with Crippen molar-refractivity contribution in [3.05, 3.63) is 0 Å². The van der Waals surface area contributed by atoms with Crippen LogP contribution >= 0.6 is 0 Å². The molecule has 0 aromatic rings. The zero-order chi connectivity index (χ0) is 14.2. The van der Waals surface area contributed by atoms with Crippen LogP contribution in [0.4, 0.5) is 4.79 Å². The summed E-state index contributed by atoms with van der Waals surface area (Å²) in [6.45, 7) is 1.08. The molecule has 2 saturated carbocycles. The van der Waals surface area contributed by atoms with Crippen LogP contribution in [-0.2, 0) is 9.53 Å². The van der Waals surface area contributed by atoms with E-state index in [4.69, 9.17) is 4.74 Å². The summed E-state index contributed by atoms with van der Waals surface area (Å²) in [4.78, 5) is 23.3. The normalized spacial score (nSPS) is 29.4. The van der Waals surface area contributed by atoms with Gasteiger partial charge in [0.15, 0.2) is 5.54 Å². The summed E-state index contributed by atoms with van der Waals surface area (Å²) in [7, 11) is 0. The van der Waals surface area contributed by atoms with E-state index < -0.39 is 11.5 Å². The fourth-order valence-electron chi connectivity index (χ4n) is 3.12. The summed E-state index contributed by atoms with van der Waals surface area (Å²) in [5.74, 6) is 1.10. The van der Waals surface area contributed by atoms with Crippen LogP contribution < -0.4 is 10.6 Å². The van der Waals surface area contributed by atoms with E-state index >= 15 is 0 Å². The van der Waals surface area contributed by atoms with E-state index in [1.54, 1.807) is 0 Å². The number of carboxylic acid groups (broad SMARTS) is 1. The number of carboxylic acids is 1. The highest BCUT2D eigenvalue weighted by Gasteiger charge is 2.45. The Kier molecular flexibility index (Phi) is 3.58. The van der Waals surface area contributed by atoms with Crippen LogP contribution in [0.15, 0.2) is 0 Å². The Morgan fingerprint density at radius 3 is 2.35 bits per heavy atom. The van der Waals surface area contributed by atoms with Crippen molar-refractivity contribution >= 4 is 12.0 Å². The predicted molar refractivity (Wildman–Crippen MR) is 71.3 cm³/mol. The fraction of sp³-hybridized carbons (Fsp3) is 0.857. The number of carbonyl (C=O) groups excluding carboxylic acids is 1. The summed E-state index contributed by atoms with van der Waals surface area (Å²) in [6.07, 6.45) is 5.42. The Morgan fingerprint density at radius 2 is 1.90 bits per heavy atom. The minimum absolute atomic E-state index is 0.0461. The van der Waals surface area contributed by atoms with Crippen LogP contribution in [0.2, 0.25) is 0 Å². The molecule has 20 heavy (non-hydrogen) atoms. The van der Waals surface area contributed by atoms with Crippen molar-refractivity contribution in [1.82, 2.24) is 10.6 Å². The van der Waals surface area contributed by atoms with Gasteiger partial charge in [-0.05, 0) is 43.4 Å². The number of ether oxygens (including phenoxy) is 1. The van der Waals surface area contributed by atoms with Gasteiger partial charge in [-0.1, -0.05) is 0 Å². The summed E-state index contributed by atoms with van der Waals surface area (Å²) >= 11 is 0. The van der Waals surface area contributed by atoms with Crippen molar-refractivity contribution in [1.29, 1.82) is 0 Å². The fourth-order valence-corrected chi connectivity index (χ4v) is 3.12. The van der Waals surface area contributed by atoms with Crippen molar-refractivity contribution in [3.8, 4) is 0 Å². The van der Waals surface area contributed by atoms with Crippen molar-refractivity contribution in [2.45, 2.75) is 37.6 Å². The molecule has 1 atom stereocenters. The van der Waals surface area contributed by atoms with E-state index in [0.29, 0.717) is 25.5 Å². The van der Waals surface area contributed by atoms with Crippen molar-refractivity contribution in [3.63, 3.8) is 0 Å². The van der Waals surface area contributed by atoms with Gasteiger partial charge in [-0.15, -0.1) is 0 Å². The Bertz CT molecular complexity index is 386. The minimum Gasteiger partial charge on any atom is -0.479 e. The van der Waals surface area contributed by atoms with E-state index in [-0.39, 0.29) is 12.6 Å². The molecule has 0 spiro atoms. The van der Waals surface area contributed by atoms with Crippen molar-refractivity contribution < 1.29 is 19.4 Å². The number of urea groups is 1. The number of aliphatic carboxylic acids is 1. The number of hydrogen-bond donors (Lipinski definition) is 3. The second-order valence-corrected chi connectivity index (χ2v) is 6.36. The topological polar surface area (TPSA) is 87.7 Å². The number of nitrogens with one attached hydrogen (secondary N) is 2. The lowest BCUT2D eigenvalue weighted by molar-refractivity contribution is -0.144. The third kappa shape index (κ3) is 2.90. The molecule has 0 bridgehead atoms. The molecule has 1 heterocycles. The molecule has 3 fully saturated rings. The van der Waals surface area contributed by atoms with Crippen LogP contribution in [-0.4, -0.2) is 42.4 Å². The van der Waals surface area contributed by atoms with E-state index in [1.807, 2.05) is 0 Å². The molecule has 0 aromatic carbocycles. The lowest BCUT2D eigenvalue weighted by Gasteiger charge is -2.25. The lowest BCUT2D eigenvalue weighted by Crippen LogP contribution is -2.58. The second kappa shape index (κ2) is 5.24. The largest absolute Gasteiger partial charge is 0.479 e. The first-order valence-electron chi connectivity index (χ1n) is 7.48. The van der Waals surface area contributed by atoms with Crippen LogP contribution in [0.1, 0.15) is 32.1 Å². The van der Waals surface area contributed by atoms with Gasteiger partial charge in [-0.3, -0.25) is 0 Å². The van der Waals surface area contributed by atoms with E-state index in [2.05, 4.69) is 10.6 Å². The van der Waals surface area contributed by atoms with Crippen molar-refractivity contribution in [2.75, 3.05) is 19.8 Å². The SMILES string of the molecule is O=C(NCC(C1CC1)C1CC1)NC1(C(=O)O)CCOC1. The van der Waals surface area contributed by atoms with E-state index in [0.717, 1.165) is 11.8 Å². The lowest BCUT2D eigenvalue weighted by atomic mass is 9.98. The first-order valence-corrected chi connectivity index (χ1v) is 7.48. The summed E-state index contributed by atoms with van der Waals surface area (Å²) in [5.41, 5.74) is -1.25. The molecule has 112 valence electrons. The summed E-state index contributed by atoms with van der Waals surface area (Å²) < 4.78 is 5.12. The quantitative estimate of drug-likeness (QED) is 0.677. The van der Waals surface area contributed by atoms with Crippen LogP contribution in [0.3, 0.4) is 0 Å². The van der Waals surface area contributed by atoms with Crippen LogP contribution in [0.5, 0.6) is 0 Å². The van der Waals surface area contributed by atoms with Crippen LogP contribution in [0.25, 0.3) is 0 Å². The van der Waals surface area contributed by atoms with Gasteiger partial charge >= 0.3 is 12.0 Å². The first kappa shape index (κ1) is 13.7. The maximum atomic E-state index is 12.0. The van der Waals surface area contributed by atoms with Gasteiger partial charge in [0.2, 0.25) is 0 Å². The highest BCUT2D eigenvalue weighted by molar-refractivity contribution is 5.86. The summed E-state index contributed by atoms with van der Waals surface area (Å²) in [6, 6.07) is -0.385. The summed E-state index contributed by atoms with van der Waals surface area (Å²) in [5, 5.41) is 14.7. The molecule has 1 unspecified atom stereocenters. The molecule has 3 rings (SSSR count). The third-order valence-electron chi connectivity index (χ3n) is 4.74. The molecule has 1 aliphatic heterocycles. The smallest absolute Gasteiger partial charge is 0.332 e.